The molecule has 5 heteroatoms. The number of fused-ring (bicyclic) bond motifs is 1. The third-order valence-corrected chi connectivity index (χ3v) is 4.14. The van der Waals surface area contributed by atoms with Crippen molar-refractivity contribution in [2.75, 3.05) is 44.7 Å². The summed E-state index contributed by atoms with van der Waals surface area (Å²) in [7, 11) is 1.83. The molecule has 3 rings (SSSR count). The van der Waals surface area contributed by atoms with Crippen LogP contribution in [0.25, 0.3) is 0 Å². The number of anilines is 1. The van der Waals surface area contributed by atoms with E-state index in [1.165, 1.54) is 0 Å². The Morgan fingerprint density at radius 3 is 2.80 bits per heavy atom. The van der Waals surface area contributed by atoms with E-state index in [1.807, 2.05) is 32.2 Å². The van der Waals surface area contributed by atoms with E-state index in [2.05, 4.69) is 10.2 Å². The lowest BCUT2D eigenvalue weighted by atomic mass is 10.1. The van der Waals surface area contributed by atoms with E-state index in [-0.39, 0.29) is 11.9 Å². The topological polar surface area (TPSA) is 44.8 Å². The first kappa shape index (κ1) is 13.2. The fraction of sp³-hybridized carbons (Fsp3) is 0.533. The molecule has 2 aliphatic rings. The van der Waals surface area contributed by atoms with Crippen LogP contribution in [-0.4, -0.2) is 56.7 Å². The molecule has 0 radical (unpaired) electrons. The summed E-state index contributed by atoms with van der Waals surface area (Å²) < 4.78 is 5.83. The molecule has 1 aromatic carbocycles. The molecule has 0 bridgehead atoms. The van der Waals surface area contributed by atoms with Crippen molar-refractivity contribution >= 4 is 11.6 Å². The zero-order valence-electron chi connectivity index (χ0n) is 12.1. The molecule has 0 aromatic heterocycles. The van der Waals surface area contributed by atoms with E-state index in [1.54, 1.807) is 4.90 Å². The second-order valence-corrected chi connectivity index (χ2v) is 5.49. The minimum atomic E-state index is 0.0388. The Morgan fingerprint density at radius 2 is 2.05 bits per heavy atom. The maximum absolute atomic E-state index is 12.4. The van der Waals surface area contributed by atoms with Crippen LogP contribution in [-0.2, 0) is 0 Å². The van der Waals surface area contributed by atoms with Crippen molar-refractivity contribution in [3.8, 4) is 5.75 Å². The predicted molar refractivity (Wildman–Crippen MR) is 78.6 cm³/mol. The van der Waals surface area contributed by atoms with Crippen LogP contribution in [0.15, 0.2) is 18.2 Å². The van der Waals surface area contributed by atoms with Gasteiger partial charge in [-0.3, -0.25) is 4.79 Å². The molecule has 1 amide bonds. The number of rotatable bonds is 1. The van der Waals surface area contributed by atoms with Gasteiger partial charge in [-0.1, -0.05) is 0 Å². The monoisotopic (exact) mass is 275 g/mol. The molecule has 0 spiro atoms. The van der Waals surface area contributed by atoms with Crippen molar-refractivity contribution in [3.63, 3.8) is 0 Å². The lowest BCUT2D eigenvalue weighted by molar-refractivity contribution is 0.0732. The molecule has 2 aliphatic heterocycles. The number of likely N-dealkylation sites (N-methyl/N-ethyl adjacent to an activating group) is 1. The highest BCUT2D eigenvalue weighted by atomic mass is 16.5. The maximum Gasteiger partial charge on any atom is 0.257 e. The molecule has 5 nitrogen and oxygen atoms in total. The van der Waals surface area contributed by atoms with Crippen LogP contribution >= 0.6 is 0 Å². The molecule has 1 unspecified atom stereocenters. The summed E-state index contributed by atoms with van der Waals surface area (Å²) in [6, 6.07) is 6.01. The smallest absolute Gasteiger partial charge is 0.257 e. The number of hydrogen-bond donors (Lipinski definition) is 1. The number of hydrogen-bond acceptors (Lipinski definition) is 4. The number of nitrogens with zero attached hydrogens (tertiary/aromatic N) is 2. The SMILES string of the molecule is CC1COc2cc(N3CCNCC3)ccc2C(=O)N1C. The Balaban J connectivity index is 1.91. The number of amides is 1. The molecule has 0 aliphatic carbocycles. The molecular weight excluding hydrogens is 254 g/mol. The quantitative estimate of drug-likeness (QED) is 0.829. The fourth-order valence-electron chi connectivity index (χ4n) is 2.64. The number of piperazine rings is 1. The summed E-state index contributed by atoms with van der Waals surface area (Å²) in [5.41, 5.74) is 1.80. The van der Waals surface area contributed by atoms with Gasteiger partial charge in [0.25, 0.3) is 5.91 Å². The van der Waals surface area contributed by atoms with Gasteiger partial charge in [0.05, 0.1) is 11.6 Å². The second kappa shape index (κ2) is 5.32. The summed E-state index contributed by atoms with van der Waals surface area (Å²) in [5, 5.41) is 3.34. The first-order chi connectivity index (χ1) is 9.66. The number of ether oxygens (including phenoxy) is 1. The molecule has 1 N–H and O–H groups in total. The minimum absolute atomic E-state index is 0.0388. The largest absolute Gasteiger partial charge is 0.491 e. The number of benzene rings is 1. The Morgan fingerprint density at radius 1 is 1.30 bits per heavy atom. The molecule has 1 saturated heterocycles. The maximum atomic E-state index is 12.4. The van der Waals surface area contributed by atoms with Gasteiger partial charge >= 0.3 is 0 Å². The Kier molecular flexibility index (Phi) is 3.53. The van der Waals surface area contributed by atoms with Gasteiger partial charge in [-0.2, -0.15) is 0 Å². The zero-order valence-corrected chi connectivity index (χ0v) is 12.1. The average Bonchev–Trinajstić information content (AvgIpc) is 2.60. The van der Waals surface area contributed by atoms with Gasteiger partial charge in [0.15, 0.2) is 0 Å². The summed E-state index contributed by atoms with van der Waals surface area (Å²) in [4.78, 5) is 16.4. The summed E-state index contributed by atoms with van der Waals surface area (Å²) >= 11 is 0. The van der Waals surface area contributed by atoms with Gasteiger partial charge in [0.2, 0.25) is 0 Å². The molecule has 20 heavy (non-hydrogen) atoms. The molecule has 1 atom stereocenters. The lowest BCUT2D eigenvalue weighted by Crippen LogP contribution is -2.43. The lowest BCUT2D eigenvalue weighted by Gasteiger charge is -2.29. The van der Waals surface area contributed by atoms with E-state index in [0.717, 1.165) is 31.9 Å². The fourth-order valence-corrected chi connectivity index (χ4v) is 2.64. The van der Waals surface area contributed by atoms with Crippen molar-refractivity contribution in [3.05, 3.63) is 23.8 Å². The molecule has 0 saturated carbocycles. The van der Waals surface area contributed by atoms with E-state index in [0.29, 0.717) is 17.9 Å². The Labute approximate surface area is 119 Å². The van der Waals surface area contributed by atoms with Crippen molar-refractivity contribution in [2.45, 2.75) is 13.0 Å². The second-order valence-electron chi connectivity index (χ2n) is 5.49. The van der Waals surface area contributed by atoms with Crippen LogP contribution in [0.4, 0.5) is 5.69 Å². The van der Waals surface area contributed by atoms with E-state index in [4.69, 9.17) is 4.74 Å². The van der Waals surface area contributed by atoms with Crippen LogP contribution in [0.3, 0.4) is 0 Å². The molecule has 1 aromatic rings. The summed E-state index contributed by atoms with van der Waals surface area (Å²) in [5.74, 6) is 0.749. The summed E-state index contributed by atoms with van der Waals surface area (Å²) in [6.07, 6.45) is 0. The van der Waals surface area contributed by atoms with Crippen molar-refractivity contribution < 1.29 is 9.53 Å². The van der Waals surface area contributed by atoms with Gasteiger partial charge in [-0.25, -0.2) is 0 Å². The molecular formula is C15H21N3O2. The van der Waals surface area contributed by atoms with E-state index in [9.17, 15) is 4.79 Å². The zero-order chi connectivity index (χ0) is 14.1. The van der Waals surface area contributed by atoms with Gasteiger partial charge in [0, 0.05) is 45.0 Å². The number of nitrogens with one attached hydrogen (secondary N) is 1. The van der Waals surface area contributed by atoms with Crippen molar-refractivity contribution in [1.82, 2.24) is 10.2 Å². The van der Waals surface area contributed by atoms with Gasteiger partial charge < -0.3 is 19.9 Å². The molecule has 1 fully saturated rings. The minimum Gasteiger partial charge on any atom is -0.491 e. The normalized spacial score (nSPS) is 23.1. The number of carbonyl (C=O) groups excluding carboxylic acids is 1. The number of carbonyl (C=O) groups is 1. The third-order valence-electron chi connectivity index (χ3n) is 4.14. The van der Waals surface area contributed by atoms with Crippen molar-refractivity contribution in [2.24, 2.45) is 0 Å². The van der Waals surface area contributed by atoms with E-state index < -0.39 is 0 Å². The Hall–Kier alpha value is -1.75. The van der Waals surface area contributed by atoms with Crippen LogP contribution in [0, 0.1) is 0 Å². The van der Waals surface area contributed by atoms with Crippen LogP contribution in [0.1, 0.15) is 17.3 Å². The molecule has 108 valence electrons. The third kappa shape index (κ3) is 2.33. The first-order valence-corrected chi connectivity index (χ1v) is 7.16. The van der Waals surface area contributed by atoms with Gasteiger partial charge in [-0.05, 0) is 19.1 Å². The standard InChI is InChI=1S/C15H21N3O2/c1-11-10-20-14-9-12(18-7-5-16-6-8-18)3-4-13(14)15(19)17(11)2/h3-4,9,11,16H,5-8,10H2,1-2H3. The van der Waals surface area contributed by atoms with Crippen LogP contribution < -0.4 is 15.0 Å². The highest BCUT2D eigenvalue weighted by Crippen LogP contribution is 2.29. The van der Waals surface area contributed by atoms with Crippen LogP contribution in [0.2, 0.25) is 0 Å². The van der Waals surface area contributed by atoms with Gasteiger partial charge in [-0.15, -0.1) is 0 Å². The first-order valence-electron chi connectivity index (χ1n) is 7.16. The highest BCUT2D eigenvalue weighted by Gasteiger charge is 2.26. The van der Waals surface area contributed by atoms with Crippen LogP contribution in [0.5, 0.6) is 5.75 Å². The van der Waals surface area contributed by atoms with Gasteiger partial charge in [0.1, 0.15) is 12.4 Å². The highest BCUT2D eigenvalue weighted by molar-refractivity contribution is 5.97. The summed E-state index contributed by atoms with van der Waals surface area (Å²) in [6.45, 7) is 6.51. The van der Waals surface area contributed by atoms with Crippen molar-refractivity contribution in [1.29, 1.82) is 0 Å². The predicted octanol–water partition coefficient (Wildman–Crippen LogP) is 0.949. The average molecular weight is 275 g/mol. The molecule has 2 heterocycles. The van der Waals surface area contributed by atoms with E-state index >= 15 is 0 Å². The Bertz CT molecular complexity index is 512.